The molecule has 3 unspecified atom stereocenters. The lowest BCUT2D eigenvalue weighted by Gasteiger charge is -2.41. The van der Waals surface area contributed by atoms with Gasteiger partial charge in [-0.1, -0.05) is 46.8 Å². The van der Waals surface area contributed by atoms with Crippen LogP contribution < -0.4 is 4.74 Å². The van der Waals surface area contributed by atoms with Crippen LogP contribution in [-0.2, 0) is 0 Å². The van der Waals surface area contributed by atoms with E-state index < -0.39 is 0 Å². The van der Waals surface area contributed by atoms with Crippen LogP contribution in [0.3, 0.4) is 0 Å². The van der Waals surface area contributed by atoms with Crippen molar-refractivity contribution in [2.75, 3.05) is 19.6 Å². The van der Waals surface area contributed by atoms with Gasteiger partial charge in [0.2, 0.25) is 0 Å². The molecule has 1 aromatic carbocycles. The van der Waals surface area contributed by atoms with E-state index >= 15 is 0 Å². The lowest BCUT2D eigenvalue weighted by Crippen LogP contribution is -2.48. The highest BCUT2D eigenvalue weighted by Gasteiger charge is 2.33. The van der Waals surface area contributed by atoms with E-state index in [0.29, 0.717) is 12.0 Å². The van der Waals surface area contributed by atoms with E-state index in [1.165, 1.54) is 25.9 Å². The van der Waals surface area contributed by atoms with Gasteiger partial charge in [-0.25, -0.2) is 0 Å². The summed E-state index contributed by atoms with van der Waals surface area (Å²) in [7, 11) is 0. The summed E-state index contributed by atoms with van der Waals surface area (Å²) >= 11 is 1.55. The molecule has 3 heterocycles. The van der Waals surface area contributed by atoms with Gasteiger partial charge in [-0.05, 0) is 25.8 Å². The highest BCUT2D eigenvalue weighted by Crippen LogP contribution is 2.33. The lowest BCUT2D eigenvalue weighted by atomic mass is 9.87. The molecule has 0 saturated carbocycles. The predicted molar refractivity (Wildman–Crippen MR) is 83.5 cm³/mol. The monoisotopic (exact) mass is 301 g/mol. The van der Waals surface area contributed by atoms with Gasteiger partial charge < -0.3 is 9.64 Å². The van der Waals surface area contributed by atoms with E-state index in [4.69, 9.17) is 4.74 Å². The molecule has 0 amide bonds. The van der Waals surface area contributed by atoms with Crippen LogP contribution in [0.1, 0.15) is 19.3 Å². The first-order valence-corrected chi connectivity index (χ1v) is 8.48. The Kier molecular flexibility index (Phi) is 3.61. The molecule has 1 aromatic heterocycles. The molecule has 4 nitrogen and oxygen atoms in total. The minimum atomic E-state index is 0.318. The van der Waals surface area contributed by atoms with E-state index in [2.05, 4.69) is 27.2 Å². The van der Waals surface area contributed by atoms with Gasteiger partial charge >= 0.3 is 0 Å². The first-order valence-electron chi connectivity index (χ1n) is 7.66. The van der Waals surface area contributed by atoms with Gasteiger partial charge in [0.15, 0.2) is 5.01 Å². The Morgan fingerprint density at radius 1 is 1.10 bits per heavy atom. The number of benzene rings is 1. The average molecular weight is 301 g/mol. The van der Waals surface area contributed by atoms with Gasteiger partial charge in [-0.2, -0.15) is 0 Å². The van der Waals surface area contributed by atoms with E-state index in [1.54, 1.807) is 11.3 Å². The van der Waals surface area contributed by atoms with Gasteiger partial charge in [-0.15, -0.1) is 5.10 Å². The van der Waals surface area contributed by atoms with Crippen molar-refractivity contribution in [3.63, 3.8) is 0 Å². The summed E-state index contributed by atoms with van der Waals surface area (Å²) in [4.78, 5) is 2.56. The molecule has 2 aromatic rings. The first-order chi connectivity index (χ1) is 10.4. The van der Waals surface area contributed by atoms with Crippen LogP contribution in [0.5, 0.6) is 5.19 Å². The standard InChI is InChI=1S/C16H19N3OS/c1-2-5-12(6-3-1)15-17-18-16(21-15)20-14-8-10-19-9-4-7-13(14)11-19/h1-3,5-6,13-14H,4,7-11H2. The highest BCUT2D eigenvalue weighted by atomic mass is 32.1. The summed E-state index contributed by atoms with van der Waals surface area (Å²) in [6.07, 6.45) is 4.02. The number of hydrogen-bond donors (Lipinski definition) is 0. The summed E-state index contributed by atoms with van der Waals surface area (Å²) in [6, 6.07) is 10.2. The van der Waals surface area contributed by atoms with Gasteiger partial charge in [0.05, 0.1) is 0 Å². The number of piperidine rings is 2. The van der Waals surface area contributed by atoms with E-state index in [9.17, 15) is 0 Å². The molecule has 0 radical (unpaired) electrons. The zero-order chi connectivity index (χ0) is 14.1. The Morgan fingerprint density at radius 2 is 2.00 bits per heavy atom. The van der Waals surface area contributed by atoms with Crippen molar-refractivity contribution >= 4 is 11.3 Å². The van der Waals surface area contributed by atoms with Gasteiger partial charge in [-0.3, -0.25) is 0 Å². The fourth-order valence-corrected chi connectivity index (χ4v) is 4.14. The molecule has 2 saturated heterocycles. The van der Waals surface area contributed by atoms with Crippen LogP contribution in [0.2, 0.25) is 0 Å². The van der Waals surface area contributed by atoms with Gasteiger partial charge in [0, 0.05) is 24.6 Å². The number of nitrogens with zero attached hydrogens (tertiary/aromatic N) is 3. The minimum absolute atomic E-state index is 0.318. The molecular weight excluding hydrogens is 282 g/mol. The van der Waals surface area contributed by atoms with Crippen molar-refractivity contribution in [2.24, 2.45) is 5.92 Å². The van der Waals surface area contributed by atoms with Gasteiger partial charge in [0.25, 0.3) is 5.19 Å². The maximum Gasteiger partial charge on any atom is 0.294 e. The van der Waals surface area contributed by atoms with Crippen molar-refractivity contribution in [1.29, 1.82) is 0 Å². The summed E-state index contributed by atoms with van der Waals surface area (Å²) in [5, 5.41) is 10.1. The molecule has 110 valence electrons. The first kappa shape index (κ1) is 13.2. The molecule has 2 fully saturated rings. The maximum absolute atomic E-state index is 6.16. The molecular formula is C16H19N3OS. The second kappa shape index (κ2) is 5.73. The van der Waals surface area contributed by atoms with Gasteiger partial charge in [0.1, 0.15) is 6.10 Å². The second-order valence-electron chi connectivity index (χ2n) is 5.89. The third-order valence-corrected chi connectivity index (χ3v) is 5.34. The quantitative estimate of drug-likeness (QED) is 0.873. The summed E-state index contributed by atoms with van der Waals surface area (Å²) in [5.41, 5.74) is 1.11. The lowest BCUT2D eigenvalue weighted by molar-refractivity contribution is 0.0147. The van der Waals surface area contributed by atoms with Crippen molar-refractivity contribution in [1.82, 2.24) is 15.1 Å². The Bertz CT molecular complexity index is 601. The molecule has 2 bridgehead atoms. The normalized spacial score (nSPS) is 28.3. The van der Waals surface area contributed by atoms with Crippen LogP contribution in [0.15, 0.2) is 30.3 Å². The molecule has 0 spiro atoms. The zero-order valence-electron chi connectivity index (χ0n) is 11.9. The summed E-state index contributed by atoms with van der Waals surface area (Å²) in [5.74, 6) is 0.663. The largest absolute Gasteiger partial charge is 0.465 e. The number of ether oxygens (including phenoxy) is 1. The Labute approximate surface area is 128 Å². The predicted octanol–water partition coefficient (Wildman–Crippen LogP) is 3.07. The number of rotatable bonds is 3. The molecule has 2 aliphatic heterocycles. The third-order valence-electron chi connectivity index (χ3n) is 4.48. The van der Waals surface area contributed by atoms with E-state index in [1.807, 2.05) is 18.2 Å². The average Bonchev–Trinajstić information content (AvgIpc) is 3.00. The SMILES string of the molecule is c1ccc(-c2nnc(OC3CCN4CCCC3C4)s2)cc1. The van der Waals surface area contributed by atoms with E-state index in [0.717, 1.165) is 28.7 Å². The Morgan fingerprint density at radius 3 is 2.90 bits per heavy atom. The maximum atomic E-state index is 6.16. The van der Waals surface area contributed by atoms with Crippen molar-refractivity contribution in [2.45, 2.75) is 25.4 Å². The van der Waals surface area contributed by atoms with E-state index in [-0.39, 0.29) is 0 Å². The molecule has 5 heteroatoms. The van der Waals surface area contributed by atoms with Crippen LogP contribution in [0.25, 0.3) is 10.6 Å². The molecule has 2 aliphatic rings. The topological polar surface area (TPSA) is 38.3 Å². The van der Waals surface area contributed by atoms with Crippen LogP contribution in [0.4, 0.5) is 0 Å². The molecule has 0 N–H and O–H groups in total. The van der Waals surface area contributed by atoms with Crippen molar-refractivity contribution in [3.8, 4) is 15.8 Å². The number of aromatic nitrogens is 2. The third kappa shape index (κ3) is 2.80. The highest BCUT2D eigenvalue weighted by molar-refractivity contribution is 7.16. The smallest absolute Gasteiger partial charge is 0.294 e. The minimum Gasteiger partial charge on any atom is -0.465 e. The fraction of sp³-hybridized carbons (Fsp3) is 0.500. The fourth-order valence-electron chi connectivity index (χ4n) is 3.38. The van der Waals surface area contributed by atoms with Crippen LogP contribution in [-0.4, -0.2) is 40.8 Å². The number of hydrogen-bond acceptors (Lipinski definition) is 5. The molecule has 4 rings (SSSR count). The number of fused-ring (bicyclic) bond motifs is 2. The van der Waals surface area contributed by atoms with Crippen molar-refractivity contribution in [3.05, 3.63) is 30.3 Å². The summed E-state index contributed by atoms with van der Waals surface area (Å²) < 4.78 is 6.16. The molecule has 3 atom stereocenters. The Hall–Kier alpha value is -1.46. The van der Waals surface area contributed by atoms with Crippen LogP contribution in [0, 0.1) is 5.92 Å². The van der Waals surface area contributed by atoms with Crippen molar-refractivity contribution < 1.29 is 4.74 Å². The zero-order valence-corrected chi connectivity index (χ0v) is 12.8. The molecule has 0 aliphatic carbocycles. The molecule has 21 heavy (non-hydrogen) atoms. The summed E-state index contributed by atoms with van der Waals surface area (Å²) in [6.45, 7) is 3.61. The Balaban J connectivity index is 1.47. The van der Waals surface area contributed by atoms with Crippen LogP contribution >= 0.6 is 11.3 Å². The second-order valence-corrected chi connectivity index (χ2v) is 6.83.